The van der Waals surface area contributed by atoms with Crippen molar-refractivity contribution < 1.29 is 51.0 Å². The average molecular weight is 529 g/mol. The van der Waals surface area contributed by atoms with Gasteiger partial charge in [-0.1, -0.05) is 73.2 Å². The Balaban J connectivity index is 0.000000529. The summed E-state index contributed by atoms with van der Waals surface area (Å²) in [4.78, 5) is 0. The minimum atomic E-state index is 0. The van der Waals surface area contributed by atoms with Crippen LogP contribution in [0.15, 0.2) is 84.9 Å². The van der Waals surface area contributed by atoms with Crippen molar-refractivity contribution >= 4 is 0 Å². The Bertz CT molecular complexity index is 908. The molecule has 4 rings (SSSR count). The van der Waals surface area contributed by atoms with Gasteiger partial charge in [-0.05, 0) is 13.8 Å². The van der Waals surface area contributed by atoms with Crippen LogP contribution in [0.5, 0.6) is 0 Å². The van der Waals surface area contributed by atoms with E-state index in [4.69, 9.17) is 0 Å². The molecule has 0 bridgehead atoms. The van der Waals surface area contributed by atoms with E-state index in [1.165, 1.54) is 44.5 Å². The van der Waals surface area contributed by atoms with Gasteiger partial charge in [-0.2, -0.15) is 0 Å². The van der Waals surface area contributed by atoms with Crippen molar-refractivity contribution in [3.8, 4) is 22.3 Å². The zero-order valence-electron chi connectivity index (χ0n) is 18.8. The summed E-state index contributed by atoms with van der Waals surface area (Å²) in [5.74, 6) is 0. The largest absolute Gasteiger partial charge is 4.00 e. The zero-order valence-corrected chi connectivity index (χ0v) is 22.7. The van der Waals surface area contributed by atoms with Gasteiger partial charge in [0.2, 0.25) is 0 Å². The number of benzene rings is 2. The van der Waals surface area contributed by atoms with E-state index in [1.807, 2.05) is 0 Å². The van der Waals surface area contributed by atoms with E-state index in [9.17, 15) is 0 Å². The molecule has 0 aromatic heterocycles. The Labute approximate surface area is 219 Å². The average Bonchev–Trinajstić information content (AvgIpc) is 3.39. The molecule has 160 valence electrons. The molecule has 0 nitrogen and oxygen atoms in total. The zero-order chi connectivity index (χ0) is 19.9. The van der Waals surface area contributed by atoms with Crippen LogP contribution in [0.4, 0.5) is 0 Å². The molecular formula is C28H30Cl2Zr. The topological polar surface area (TPSA) is 0 Å². The minimum Gasteiger partial charge on any atom is -1.00 e. The molecule has 0 aliphatic carbocycles. The van der Waals surface area contributed by atoms with E-state index in [-0.39, 0.29) is 51.0 Å². The standard InChI is InChI=1S/2C14H15.2ClH.Zr/c2*1-3-12-6-9-14(10-12)13-7-4-11(2)5-8-13;;;/h2*4-10H,3H2,1-2H3;2*1H;/q2*-1;;;+4/p-2. The van der Waals surface area contributed by atoms with E-state index in [0.717, 1.165) is 12.8 Å². The van der Waals surface area contributed by atoms with Crippen LogP contribution in [0.25, 0.3) is 22.3 Å². The van der Waals surface area contributed by atoms with Gasteiger partial charge < -0.3 is 24.8 Å². The number of aryl methyl sites for hydroxylation is 4. The molecule has 0 atom stereocenters. The van der Waals surface area contributed by atoms with E-state index in [0.29, 0.717) is 0 Å². The van der Waals surface area contributed by atoms with Crippen molar-refractivity contribution in [1.29, 1.82) is 0 Å². The molecule has 0 saturated heterocycles. The first kappa shape index (κ1) is 29.6. The molecule has 0 saturated carbocycles. The van der Waals surface area contributed by atoms with Crippen molar-refractivity contribution in [2.24, 2.45) is 0 Å². The predicted molar refractivity (Wildman–Crippen MR) is 123 cm³/mol. The van der Waals surface area contributed by atoms with E-state index < -0.39 is 0 Å². The number of hydrogen-bond donors (Lipinski definition) is 0. The molecule has 0 spiro atoms. The van der Waals surface area contributed by atoms with Crippen LogP contribution in [0.2, 0.25) is 0 Å². The summed E-state index contributed by atoms with van der Waals surface area (Å²) in [5, 5.41) is 0. The van der Waals surface area contributed by atoms with Gasteiger partial charge in [0.25, 0.3) is 0 Å². The van der Waals surface area contributed by atoms with Crippen molar-refractivity contribution in [2.45, 2.75) is 40.5 Å². The molecule has 0 radical (unpaired) electrons. The molecule has 3 heteroatoms. The minimum absolute atomic E-state index is 0. The fraction of sp³-hybridized carbons (Fsp3) is 0.214. The van der Waals surface area contributed by atoms with Crippen LogP contribution in [-0.2, 0) is 39.0 Å². The van der Waals surface area contributed by atoms with Crippen molar-refractivity contribution in [3.05, 3.63) is 107 Å². The van der Waals surface area contributed by atoms with Crippen LogP contribution in [0.3, 0.4) is 0 Å². The summed E-state index contributed by atoms with van der Waals surface area (Å²) in [7, 11) is 0. The molecule has 0 heterocycles. The van der Waals surface area contributed by atoms with Gasteiger partial charge in [-0.15, -0.1) is 82.9 Å². The van der Waals surface area contributed by atoms with Gasteiger partial charge in [-0.25, -0.2) is 0 Å². The van der Waals surface area contributed by atoms with Gasteiger partial charge in [-0.3, -0.25) is 0 Å². The normalized spacial score (nSPS) is 9.42. The second-order valence-corrected chi connectivity index (χ2v) is 7.46. The molecule has 4 aromatic rings. The van der Waals surface area contributed by atoms with Crippen LogP contribution in [0, 0.1) is 13.8 Å². The summed E-state index contributed by atoms with van der Waals surface area (Å²) in [6, 6.07) is 30.7. The van der Waals surface area contributed by atoms with Gasteiger partial charge in [0, 0.05) is 0 Å². The first-order valence-corrected chi connectivity index (χ1v) is 10.2. The predicted octanol–water partition coefficient (Wildman–Crippen LogP) is 1.89. The molecule has 31 heavy (non-hydrogen) atoms. The third-order valence-corrected chi connectivity index (χ3v) is 5.22. The SMILES string of the molecule is CCc1cc[c-](-c2ccc(C)cc2)c1.CCc1cc[c-](-c2ccc(C)cc2)c1.[Cl-].[Cl-].[Zr+4]. The number of rotatable bonds is 4. The molecule has 4 aromatic carbocycles. The maximum atomic E-state index is 2.27. The summed E-state index contributed by atoms with van der Waals surface area (Å²) >= 11 is 0. The first-order valence-electron chi connectivity index (χ1n) is 10.2. The van der Waals surface area contributed by atoms with E-state index >= 15 is 0 Å². The molecule has 0 fully saturated rings. The maximum absolute atomic E-state index is 2.27. The molecule has 0 unspecified atom stereocenters. The molecular weight excluding hydrogens is 498 g/mol. The van der Waals surface area contributed by atoms with Crippen LogP contribution in [0.1, 0.15) is 36.1 Å². The van der Waals surface area contributed by atoms with Crippen LogP contribution in [-0.4, -0.2) is 0 Å². The van der Waals surface area contributed by atoms with E-state index in [2.05, 4.69) is 113 Å². The Morgan fingerprint density at radius 3 is 1.13 bits per heavy atom. The van der Waals surface area contributed by atoms with Gasteiger partial charge >= 0.3 is 26.2 Å². The third-order valence-electron chi connectivity index (χ3n) is 5.22. The quantitative estimate of drug-likeness (QED) is 0.355. The first-order chi connectivity index (χ1) is 13.6. The van der Waals surface area contributed by atoms with Crippen molar-refractivity contribution in [3.63, 3.8) is 0 Å². The molecule has 0 amide bonds. The summed E-state index contributed by atoms with van der Waals surface area (Å²) in [6.07, 6.45) is 2.23. The summed E-state index contributed by atoms with van der Waals surface area (Å²) in [6.45, 7) is 8.61. The monoisotopic (exact) mass is 526 g/mol. The Kier molecular flexibility index (Phi) is 14.0. The number of halogens is 2. The van der Waals surface area contributed by atoms with Crippen LogP contribution >= 0.6 is 0 Å². The summed E-state index contributed by atoms with van der Waals surface area (Å²) < 4.78 is 0. The molecule has 0 N–H and O–H groups in total. The second-order valence-electron chi connectivity index (χ2n) is 7.46. The maximum Gasteiger partial charge on any atom is 4.00 e. The smallest absolute Gasteiger partial charge is 1.00 e. The van der Waals surface area contributed by atoms with Gasteiger partial charge in [0.1, 0.15) is 0 Å². The molecule has 0 aliphatic rings. The van der Waals surface area contributed by atoms with E-state index in [1.54, 1.807) is 0 Å². The van der Waals surface area contributed by atoms with Gasteiger partial charge in [0.05, 0.1) is 0 Å². The Hall–Kier alpha value is -1.40. The third kappa shape index (κ3) is 8.57. The van der Waals surface area contributed by atoms with Crippen molar-refractivity contribution in [1.82, 2.24) is 0 Å². The molecule has 0 aliphatic heterocycles. The Morgan fingerprint density at radius 2 is 0.871 bits per heavy atom. The fourth-order valence-electron chi connectivity index (χ4n) is 3.28. The summed E-state index contributed by atoms with van der Waals surface area (Å²) in [5.41, 5.74) is 10.8. The second kappa shape index (κ2) is 14.6. The van der Waals surface area contributed by atoms with Gasteiger partial charge in [0.15, 0.2) is 0 Å². The van der Waals surface area contributed by atoms with Crippen molar-refractivity contribution in [2.75, 3.05) is 0 Å². The van der Waals surface area contributed by atoms with Crippen LogP contribution < -0.4 is 24.8 Å². The fourth-order valence-corrected chi connectivity index (χ4v) is 3.28. The Morgan fingerprint density at radius 1 is 0.548 bits per heavy atom. The number of hydrogen-bond acceptors (Lipinski definition) is 0.